The van der Waals surface area contributed by atoms with Gasteiger partial charge in [-0.1, -0.05) is 6.92 Å². The number of carbonyl (C=O) groups is 2. The predicted octanol–water partition coefficient (Wildman–Crippen LogP) is -0.277. The van der Waals surface area contributed by atoms with Crippen molar-refractivity contribution in [1.82, 2.24) is 15.5 Å². The van der Waals surface area contributed by atoms with Crippen LogP contribution in [-0.2, 0) is 9.59 Å². The fraction of sp³-hybridized carbons (Fsp3) is 0.818. The van der Waals surface area contributed by atoms with Crippen LogP contribution in [-0.4, -0.2) is 49.4 Å². The quantitative estimate of drug-likeness (QED) is 0.629. The first kappa shape index (κ1) is 13.0. The van der Waals surface area contributed by atoms with Gasteiger partial charge in [0, 0.05) is 19.6 Å². The highest BCUT2D eigenvalue weighted by molar-refractivity contribution is 5.81. The minimum atomic E-state index is -0.0521. The maximum Gasteiger partial charge on any atom is 0.236 e. The van der Waals surface area contributed by atoms with Gasteiger partial charge in [0.1, 0.15) is 0 Å². The zero-order valence-corrected chi connectivity index (χ0v) is 10.1. The first-order chi connectivity index (χ1) is 7.65. The van der Waals surface area contributed by atoms with Gasteiger partial charge >= 0.3 is 0 Å². The van der Waals surface area contributed by atoms with E-state index in [0.29, 0.717) is 12.6 Å². The fourth-order valence-electron chi connectivity index (χ4n) is 1.40. The van der Waals surface area contributed by atoms with Crippen molar-refractivity contribution in [2.75, 3.05) is 26.7 Å². The topological polar surface area (TPSA) is 61.4 Å². The Bertz CT molecular complexity index is 252. The number of hydrogen-bond donors (Lipinski definition) is 2. The summed E-state index contributed by atoms with van der Waals surface area (Å²) in [6, 6.07) is 0.434. The lowest BCUT2D eigenvalue weighted by molar-refractivity contribution is -0.129. The third-order valence-corrected chi connectivity index (χ3v) is 2.62. The number of hydrogen-bond acceptors (Lipinski definition) is 3. The molecule has 0 spiro atoms. The van der Waals surface area contributed by atoms with Crippen molar-refractivity contribution < 1.29 is 9.59 Å². The van der Waals surface area contributed by atoms with Gasteiger partial charge in [0.05, 0.1) is 13.1 Å². The second-order valence-electron chi connectivity index (χ2n) is 4.19. The fourth-order valence-corrected chi connectivity index (χ4v) is 1.40. The van der Waals surface area contributed by atoms with Crippen molar-refractivity contribution in [3.8, 4) is 0 Å². The average molecular weight is 227 g/mol. The SMILES string of the molecule is CCCNC(=O)CNCC(=O)N(C)C1CC1. The Morgan fingerprint density at radius 1 is 1.31 bits per heavy atom. The maximum absolute atomic E-state index is 11.6. The van der Waals surface area contributed by atoms with E-state index in [4.69, 9.17) is 0 Å². The van der Waals surface area contributed by atoms with E-state index < -0.39 is 0 Å². The third kappa shape index (κ3) is 4.61. The highest BCUT2D eigenvalue weighted by Crippen LogP contribution is 2.24. The van der Waals surface area contributed by atoms with Crippen molar-refractivity contribution in [2.45, 2.75) is 32.2 Å². The number of nitrogens with zero attached hydrogens (tertiary/aromatic N) is 1. The molecule has 1 fully saturated rings. The van der Waals surface area contributed by atoms with Crippen LogP contribution in [0.2, 0.25) is 0 Å². The molecule has 92 valence electrons. The van der Waals surface area contributed by atoms with E-state index in [1.807, 2.05) is 14.0 Å². The Kier molecular flexibility index (Phi) is 5.25. The summed E-state index contributed by atoms with van der Waals surface area (Å²) >= 11 is 0. The van der Waals surface area contributed by atoms with E-state index in [-0.39, 0.29) is 24.9 Å². The van der Waals surface area contributed by atoms with Gasteiger partial charge in [0.25, 0.3) is 0 Å². The van der Waals surface area contributed by atoms with Crippen LogP contribution in [0.15, 0.2) is 0 Å². The highest BCUT2D eigenvalue weighted by Gasteiger charge is 2.29. The summed E-state index contributed by atoms with van der Waals surface area (Å²) in [5.41, 5.74) is 0. The molecule has 2 N–H and O–H groups in total. The van der Waals surface area contributed by atoms with Crippen LogP contribution in [0.1, 0.15) is 26.2 Å². The smallest absolute Gasteiger partial charge is 0.236 e. The summed E-state index contributed by atoms with van der Waals surface area (Å²) in [6.45, 7) is 3.15. The van der Waals surface area contributed by atoms with Gasteiger partial charge < -0.3 is 10.2 Å². The molecule has 1 saturated carbocycles. The summed E-state index contributed by atoms with van der Waals surface area (Å²) in [5.74, 6) is 0.00881. The summed E-state index contributed by atoms with van der Waals surface area (Å²) in [7, 11) is 1.82. The third-order valence-electron chi connectivity index (χ3n) is 2.62. The van der Waals surface area contributed by atoms with Crippen molar-refractivity contribution in [3.63, 3.8) is 0 Å². The molecule has 0 aromatic heterocycles. The Balaban J connectivity index is 2.05. The van der Waals surface area contributed by atoms with Crippen molar-refractivity contribution in [3.05, 3.63) is 0 Å². The molecule has 2 amide bonds. The molecule has 16 heavy (non-hydrogen) atoms. The second kappa shape index (κ2) is 6.48. The minimum Gasteiger partial charge on any atom is -0.355 e. The molecule has 0 heterocycles. The first-order valence-electron chi connectivity index (χ1n) is 5.88. The monoisotopic (exact) mass is 227 g/mol. The Labute approximate surface area is 96.6 Å². The molecular formula is C11H21N3O2. The maximum atomic E-state index is 11.6. The molecule has 0 unspecified atom stereocenters. The largest absolute Gasteiger partial charge is 0.355 e. The van der Waals surface area contributed by atoms with Crippen molar-refractivity contribution in [2.24, 2.45) is 0 Å². The molecule has 0 aliphatic heterocycles. The van der Waals surface area contributed by atoms with Gasteiger partial charge in [-0.3, -0.25) is 14.9 Å². The van der Waals surface area contributed by atoms with E-state index in [1.54, 1.807) is 4.90 Å². The predicted molar refractivity (Wildman–Crippen MR) is 62.0 cm³/mol. The van der Waals surface area contributed by atoms with Crippen molar-refractivity contribution in [1.29, 1.82) is 0 Å². The number of nitrogens with one attached hydrogen (secondary N) is 2. The molecule has 1 aliphatic carbocycles. The summed E-state index contributed by atoms with van der Waals surface area (Å²) in [5, 5.41) is 5.60. The van der Waals surface area contributed by atoms with Crippen LogP contribution in [0.5, 0.6) is 0 Å². The molecule has 5 nitrogen and oxygen atoms in total. The zero-order valence-electron chi connectivity index (χ0n) is 10.1. The van der Waals surface area contributed by atoms with Gasteiger partial charge in [-0.05, 0) is 19.3 Å². The average Bonchev–Trinajstić information content (AvgIpc) is 3.08. The van der Waals surface area contributed by atoms with Crippen LogP contribution in [0.3, 0.4) is 0 Å². The lowest BCUT2D eigenvalue weighted by Crippen LogP contribution is -2.41. The molecule has 0 radical (unpaired) electrons. The molecular weight excluding hydrogens is 206 g/mol. The highest BCUT2D eigenvalue weighted by atomic mass is 16.2. The van der Waals surface area contributed by atoms with Crippen LogP contribution in [0.25, 0.3) is 0 Å². The van der Waals surface area contributed by atoms with Crippen LogP contribution >= 0.6 is 0 Å². The van der Waals surface area contributed by atoms with Gasteiger partial charge in [-0.25, -0.2) is 0 Å². The van der Waals surface area contributed by atoms with Crippen LogP contribution in [0.4, 0.5) is 0 Å². The molecule has 0 aromatic rings. The summed E-state index contributed by atoms with van der Waals surface area (Å²) in [6.07, 6.45) is 3.15. The molecule has 5 heteroatoms. The molecule has 0 atom stereocenters. The standard InChI is InChI=1S/C11H21N3O2/c1-3-6-13-10(15)7-12-8-11(16)14(2)9-4-5-9/h9,12H,3-8H2,1-2H3,(H,13,15). The first-order valence-corrected chi connectivity index (χ1v) is 5.88. The van der Waals surface area contributed by atoms with Crippen molar-refractivity contribution >= 4 is 11.8 Å². The Morgan fingerprint density at radius 2 is 2.00 bits per heavy atom. The van der Waals surface area contributed by atoms with E-state index in [2.05, 4.69) is 10.6 Å². The number of amides is 2. The lowest BCUT2D eigenvalue weighted by Gasteiger charge is -2.16. The molecule has 0 aromatic carbocycles. The number of likely N-dealkylation sites (N-methyl/N-ethyl adjacent to an activating group) is 1. The van der Waals surface area contributed by atoms with E-state index in [1.165, 1.54) is 0 Å². The molecule has 0 saturated heterocycles. The normalized spacial score (nSPS) is 14.6. The molecule has 0 bridgehead atoms. The Hall–Kier alpha value is -1.10. The van der Waals surface area contributed by atoms with Crippen LogP contribution in [0, 0.1) is 0 Å². The second-order valence-corrected chi connectivity index (χ2v) is 4.19. The zero-order chi connectivity index (χ0) is 12.0. The van der Waals surface area contributed by atoms with E-state index in [0.717, 1.165) is 19.3 Å². The number of carbonyl (C=O) groups excluding carboxylic acids is 2. The minimum absolute atomic E-state index is 0.0521. The molecule has 1 rings (SSSR count). The Morgan fingerprint density at radius 3 is 2.56 bits per heavy atom. The van der Waals surface area contributed by atoms with E-state index >= 15 is 0 Å². The van der Waals surface area contributed by atoms with Gasteiger partial charge in [0.15, 0.2) is 0 Å². The van der Waals surface area contributed by atoms with E-state index in [9.17, 15) is 9.59 Å². The van der Waals surface area contributed by atoms with Gasteiger partial charge in [0.2, 0.25) is 11.8 Å². The summed E-state index contributed by atoms with van der Waals surface area (Å²) in [4.78, 5) is 24.5. The van der Waals surface area contributed by atoms with Crippen LogP contribution < -0.4 is 10.6 Å². The lowest BCUT2D eigenvalue weighted by atomic mass is 10.4. The molecule has 1 aliphatic rings. The number of rotatable bonds is 7. The summed E-state index contributed by atoms with van der Waals surface area (Å²) < 4.78 is 0. The van der Waals surface area contributed by atoms with Gasteiger partial charge in [-0.15, -0.1) is 0 Å². The van der Waals surface area contributed by atoms with Gasteiger partial charge in [-0.2, -0.15) is 0 Å².